The van der Waals surface area contributed by atoms with E-state index in [4.69, 9.17) is 5.11 Å². The van der Waals surface area contributed by atoms with Gasteiger partial charge >= 0.3 is 6.03 Å². The van der Waals surface area contributed by atoms with Gasteiger partial charge in [-0.1, -0.05) is 20.8 Å². The molecule has 1 aliphatic carbocycles. The molecule has 1 fully saturated rings. The maximum Gasteiger partial charge on any atom is 0.315 e. The van der Waals surface area contributed by atoms with Crippen LogP contribution in [0.5, 0.6) is 0 Å². The molecule has 0 aliphatic heterocycles. The number of hydrogen-bond donors (Lipinski definition) is 3. The molecule has 94 valence electrons. The van der Waals surface area contributed by atoms with E-state index >= 15 is 0 Å². The first-order valence-electron chi connectivity index (χ1n) is 6.10. The Morgan fingerprint density at radius 3 is 2.62 bits per heavy atom. The predicted molar refractivity (Wildman–Crippen MR) is 64.2 cm³/mol. The molecular formula is C12H24N2O2. The average molecular weight is 228 g/mol. The van der Waals surface area contributed by atoms with E-state index in [9.17, 15) is 4.79 Å². The van der Waals surface area contributed by atoms with Crippen LogP contribution in [0.3, 0.4) is 0 Å². The molecule has 1 saturated carbocycles. The summed E-state index contributed by atoms with van der Waals surface area (Å²) < 4.78 is 0. The minimum atomic E-state index is -0.0591. The van der Waals surface area contributed by atoms with E-state index in [0.29, 0.717) is 18.5 Å². The fourth-order valence-corrected chi connectivity index (χ4v) is 1.59. The van der Waals surface area contributed by atoms with Crippen LogP contribution in [0, 0.1) is 11.3 Å². The van der Waals surface area contributed by atoms with Crippen LogP contribution in [0.25, 0.3) is 0 Å². The highest BCUT2D eigenvalue weighted by atomic mass is 16.3. The SMILES string of the molecule is CC1CC1NC(=O)NCCCC(C)(C)CO. The molecule has 0 radical (unpaired) electrons. The van der Waals surface area contributed by atoms with E-state index in [0.717, 1.165) is 19.3 Å². The van der Waals surface area contributed by atoms with Crippen molar-refractivity contribution >= 4 is 6.03 Å². The second-order valence-electron chi connectivity index (χ2n) is 5.65. The molecule has 0 aromatic carbocycles. The zero-order valence-corrected chi connectivity index (χ0v) is 10.5. The fraction of sp³-hybridized carbons (Fsp3) is 0.917. The Morgan fingerprint density at radius 2 is 2.12 bits per heavy atom. The van der Waals surface area contributed by atoms with Crippen LogP contribution in [0.4, 0.5) is 4.79 Å². The topological polar surface area (TPSA) is 61.4 Å². The molecule has 0 bridgehead atoms. The van der Waals surface area contributed by atoms with Crippen molar-refractivity contribution in [2.24, 2.45) is 11.3 Å². The Balaban J connectivity index is 2.00. The first-order chi connectivity index (χ1) is 7.44. The van der Waals surface area contributed by atoms with Gasteiger partial charge in [0.2, 0.25) is 0 Å². The molecule has 0 spiro atoms. The quantitative estimate of drug-likeness (QED) is 0.603. The number of amides is 2. The lowest BCUT2D eigenvalue weighted by Gasteiger charge is -2.21. The molecule has 4 heteroatoms. The van der Waals surface area contributed by atoms with Gasteiger partial charge in [0, 0.05) is 19.2 Å². The molecule has 3 N–H and O–H groups in total. The summed E-state index contributed by atoms with van der Waals surface area (Å²) in [5.74, 6) is 0.638. The third kappa shape index (κ3) is 4.84. The number of carbonyl (C=O) groups is 1. The minimum absolute atomic E-state index is 0.0385. The minimum Gasteiger partial charge on any atom is -0.396 e. The molecule has 4 nitrogen and oxygen atoms in total. The maximum absolute atomic E-state index is 11.4. The Hall–Kier alpha value is -0.770. The molecule has 2 unspecified atom stereocenters. The van der Waals surface area contributed by atoms with Crippen molar-refractivity contribution in [2.45, 2.75) is 46.1 Å². The van der Waals surface area contributed by atoms with E-state index in [1.165, 1.54) is 0 Å². The lowest BCUT2D eigenvalue weighted by atomic mass is 9.89. The van der Waals surface area contributed by atoms with E-state index < -0.39 is 0 Å². The summed E-state index contributed by atoms with van der Waals surface area (Å²) in [5, 5.41) is 14.8. The Morgan fingerprint density at radius 1 is 1.50 bits per heavy atom. The highest BCUT2D eigenvalue weighted by molar-refractivity contribution is 5.74. The van der Waals surface area contributed by atoms with Gasteiger partial charge in [-0.25, -0.2) is 4.79 Å². The monoisotopic (exact) mass is 228 g/mol. The Kier molecular flexibility index (Phi) is 4.59. The zero-order chi connectivity index (χ0) is 12.2. The zero-order valence-electron chi connectivity index (χ0n) is 10.5. The summed E-state index contributed by atoms with van der Waals surface area (Å²) in [5.41, 5.74) is -0.0385. The second kappa shape index (κ2) is 5.53. The number of hydrogen-bond acceptors (Lipinski definition) is 2. The molecule has 0 saturated heterocycles. The van der Waals surface area contributed by atoms with Crippen LogP contribution >= 0.6 is 0 Å². The van der Waals surface area contributed by atoms with E-state index in [2.05, 4.69) is 17.6 Å². The van der Waals surface area contributed by atoms with Crippen LogP contribution in [0.2, 0.25) is 0 Å². The summed E-state index contributed by atoms with van der Waals surface area (Å²) >= 11 is 0. The Labute approximate surface area is 97.8 Å². The van der Waals surface area contributed by atoms with Crippen LogP contribution < -0.4 is 10.6 Å². The molecular weight excluding hydrogens is 204 g/mol. The Bertz CT molecular complexity index is 241. The van der Waals surface area contributed by atoms with Crippen LogP contribution in [0.15, 0.2) is 0 Å². The van der Waals surface area contributed by atoms with Gasteiger partial charge in [-0.15, -0.1) is 0 Å². The lowest BCUT2D eigenvalue weighted by Crippen LogP contribution is -2.38. The smallest absolute Gasteiger partial charge is 0.315 e. The van der Waals surface area contributed by atoms with Crippen LogP contribution in [0.1, 0.15) is 40.0 Å². The van der Waals surface area contributed by atoms with Gasteiger partial charge in [0.05, 0.1) is 0 Å². The molecule has 16 heavy (non-hydrogen) atoms. The van der Waals surface area contributed by atoms with Crippen molar-refractivity contribution in [3.63, 3.8) is 0 Å². The lowest BCUT2D eigenvalue weighted by molar-refractivity contribution is 0.148. The number of aliphatic hydroxyl groups is 1. The molecule has 0 aromatic heterocycles. The predicted octanol–water partition coefficient (Wildman–Crippen LogP) is 1.49. The molecule has 2 amide bonds. The molecule has 1 rings (SSSR count). The van der Waals surface area contributed by atoms with E-state index in [-0.39, 0.29) is 18.1 Å². The van der Waals surface area contributed by atoms with Crippen LogP contribution in [-0.4, -0.2) is 30.3 Å². The largest absolute Gasteiger partial charge is 0.396 e. The maximum atomic E-state index is 11.4. The molecule has 2 atom stereocenters. The molecule has 0 aromatic rings. The van der Waals surface area contributed by atoms with Gasteiger partial charge < -0.3 is 15.7 Å². The van der Waals surface area contributed by atoms with E-state index in [1.807, 2.05) is 13.8 Å². The number of urea groups is 1. The van der Waals surface area contributed by atoms with Gasteiger partial charge in [-0.2, -0.15) is 0 Å². The van der Waals surface area contributed by atoms with Gasteiger partial charge in [-0.3, -0.25) is 0 Å². The van der Waals surface area contributed by atoms with E-state index in [1.54, 1.807) is 0 Å². The first-order valence-corrected chi connectivity index (χ1v) is 6.10. The number of carbonyl (C=O) groups excluding carboxylic acids is 1. The highest BCUT2D eigenvalue weighted by Gasteiger charge is 2.33. The van der Waals surface area contributed by atoms with Crippen molar-refractivity contribution in [1.29, 1.82) is 0 Å². The van der Waals surface area contributed by atoms with Crippen molar-refractivity contribution in [3.8, 4) is 0 Å². The standard InChI is InChI=1S/C12H24N2O2/c1-9-7-10(9)14-11(16)13-6-4-5-12(2,3)8-15/h9-10,15H,4-8H2,1-3H3,(H2,13,14,16). The van der Waals surface area contributed by atoms with Crippen molar-refractivity contribution in [2.75, 3.05) is 13.2 Å². The number of rotatable bonds is 6. The summed E-state index contributed by atoms with van der Waals surface area (Å²) in [6.07, 6.45) is 2.93. The second-order valence-corrected chi connectivity index (χ2v) is 5.65. The third-order valence-electron chi connectivity index (χ3n) is 3.17. The molecule has 1 aliphatic rings. The average Bonchev–Trinajstić information content (AvgIpc) is 2.89. The van der Waals surface area contributed by atoms with Gasteiger partial charge in [0.15, 0.2) is 0 Å². The summed E-state index contributed by atoms with van der Waals surface area (Å²) in [6.45, 7) is 7.06. The van der Waals surface area contributed by atoms with Gasteiger partial charge in [-0.05, 0) is 30.6 Å². The summed E-state index contributed by atoms with van der Waals surface area (Å²) in [4.78, 5) is 11.4. The van der Waals surface area contributed by atoms with Crippen molar-refractivity contribution in [1.82, 2.24) is 10.6 Å². The van der Waals surface area contributed by atoms with Crippen molar-refractivity contribution < 1.29 is 9.90 Å². The highest BCUT2D eigenvalue weighted by Crippen LogP contribution is 2.28. The van der Waals surface area contributed by atoms with Crippen molar-refractivity contribution in [3.05, 3.63) is 0 Å². The fourth-order valence-electron chi connectivity index (χ4n) is 1.59. The summed E-state index contributed by atoms with van der Waals surface area (Å²) in [7, 11) is 0. The third-order valence-corrected chi connectivity index (χ3v) is 3.17. The van der Waals surface area contributed by atoms with Gasteiger partial charge in [0.1, 0.15) is 0 Å². The van der Waals surface area contributed by atoms with Crippen LogP contribution in [-0.2, 0) is 0 Å². The number of nitrogens with one attached hydrogen (secondary N) is 2. The normalized spacial score (nSPS) is 24.0. The first kappa shape index (κ1) is 13.3. The number of aliphatic hydroxyl groups excluding tert-OH is 1. The molecule has 0 heterocycles. The van der Waals surface area contributed by atoms with Gasteiger partial charge in [0.25, 0.3) is 0 Å². The summed E-state index contributed by atoms with van der Waals surface area (Å²) in [6, 6.07) is 0.324.